The number of methoxy groups -OCH3 is 1. The van der Waals surface area contributed by atoms with Crippen LogP contribution in [0.4, 0.5) is 0 Å². The summed E-state index contributed by atoms with van der Waals surface area (Å²) in [5, 5.41) is 0. The van der Waals surface area contributed by atoms with E-state index in [2.05, 4.69) is 0 Å². The summed E-state index contributed by atoms with van der Waals surface area (Å²) in [5.74, 6) is 0.252. The second-order valence-electron chi connectivity index (χ2n) is 8.12. The monoisotopic (exact) mass is 496 g/mol. The van der Waals surface area contributed by atoms with Crippen molar-refractivity contribution in [3.63, 3.8) is 0 Å². The normalized spacial score (nSPS) is 15.3. The summed E-state index contributed by atoms with van der Waals surface area (Å²) >= 11 is 1.30. The fourth-order valence-electron chi connectivity index (χ4n) is 4.24. The Morgan fingerprint density at radius 3 is 2.31 bits per heavy atom. The van der Waals surface area contributed by atoms with Gasteiger partial charge >= 0.3 is 5.97 Å². The summed E-state index contributed by atoms with van der Waals surface area (Å²) in [6.45, 7) is 1.98. The third kappa shape index (κ3) is 4.41. The molecule has 1 atom stereocenters. The first-order valence-electron chi connectivity index (χ1n) is 11.6. The van der Waals surface area contributed by atoms with Crippen molar-refractivity contribution in [3.8, 4) is 5.75 Å². The average molecular weight is 497 g/mol. The lowest BCUT2D eigenvalue weighted by Gasteiger charge is -2.25. The Morgan fingerprint density at radius 2 is 1.67 bits per heavy atom. The van der Waals surface area contributed by atoms with E-state index in [1.807, 2.05) is 91.0 Å². The summed E-state index contributed by atoms with van der Waals surface area (Å²) in [5.41, 5.74) is 3.11. The molecule has 1 aliphatic rings. The standard InChI is InChI=1S/C29H24N2O4S/c1-3-35-28(33)24-25(20-10-6-4-7-11-20)30-29-31(26(24)21-12-8-5-9-13-21)27(32)23(36-29)18-19-14-16-22(34-2)17-15-19/h4-18,26H,3H2,1-2H3. The summed E-state index contributed by atoms with van der Waals surface area (Å²) in [4.78, 5) is 32.5. The number of fused-ring (bicyclic) bond motifs is 1. The number of nitrogens with zero attached hydrogens (tertiary/aromatic N) is 2. The molecule has 7 heteroatoms. The molecule has 36 heavy (non-hydrogen) atoms. The zero-order valence-electron chi connectivity index (χ0n) is 19.9. The number of carbonyl (C=O) groups is 1. The molecule has 0 N–H and O–H groups in total. The van der Waals surface area contributed by atoms with E-state index in [0.717, 1.165) is 22.4 Å². The molecule has 1 unspecified atom stereocenters. The van der Waals surface area contributed by atoms with E-state index < -0.39 is 12.0 Å². The van der Waals surface area contributed by atoms with Crippen LogP contribution in [0.2, 0.25) is 0 Å². The highest BCUT2D eigenvalue weighted by atomic mass is 32.1. The lowest BCUT2D eigenvalue weighted by atomic mass is 9.93. The number of rotatable bonds is 6. The van der Waals surface area contributed by atoms with Crippen molar-refractivity contribution in [2.45, 2.75) is 13.0 Å². The van der Waals surface area contributed by atoms with Gasteiger partial charge in [-0.3, -0.25) is 9.36 Å². The van der Waals surface area contributed by atoms with Crippen molar-refractivity contribution in [1.29, 1.82) is 0 Å². The van der Waals surface area contributed by atoms with Crippen molar-refractivity contribution >= 4 is 29.1 Å². The van der Waals surface area contributed by atoms with Gasteiger partial charge in [-0.25, -0.2) is 9.79 Å². The van der Waals surface area contributed by atoms with Gasteiger partial charge in [0.05, 0.1) is 35.6 Å². The minimum atomic E-state index is -0.672. The molecule has 0 bridgehead atoms. The summed E-state index contributed by atoms with van der Waals surface area (Å²) in [6.07, 6.45) is 1.83. The molecule has 6 nitrogen and oxygen atoms in total. The number of hydrogen-bond donors (Lipinski definition) is 0. The van der Waals surface area contributed by atoms with Gasteiger partial charge in [-0.15, -0.1) is 0 Å². The third-order valence-corrected chi connectivity index (χ3v) is 6.89. The van der Waals surface area contributed by atoms with Crippen molar-refractivity contribution in [2.75, 3.05) is 13.7 Å². The number of esters is 1. The van der Waals surface area contributed by atoms with Gasteiger partial charge < -0.3 is 9.47 Å². The van der Waals surface area contributed by atoms with Gasteiger partial charge in [0, 0.05) is 5.56 Å². The molecule has 0 saturated heterocycles. The number of carbonyl (C=O) groups excluding carboxylic acids is 1. The predicted octanol–water partition coefficient (Wildman–Crippen LogP) is 3.94. The number of benzene rings is 3. The molecular weight excluding hydrogens is 472 g/mol. The highest BCUT2D eigenvalue weighted by Gasteiger charge is 2.35. The minimum absolute atomic E-state index is 0.211. The van der Waals surface area contributed by atoms with Gasteiger partial charge in [0.1, 0.15) is 5.75 Å². The molecule has 180 valence electrons. The van der Waals surface area contributed by atoms with Gasteiger partial charge in [0.25, 0.3) is 5.56 Å². The van der Waals surface area contributed by atoms with Crippen molar-refractivity contribution in [1.82, 2.24) is 4.57 Å². The van der Waals surface area contributed by atoms with E-state index in [1.54, 1.807) is 18.6 Å². The Morgan fingerprint density at radius 1 is 1.00 bits per heavy atom. The quantitative estimate of drug-likeness (QED) is 0.379. The Hall–Kier alpha value is -4.23. The molecule has 4 aromatic rings. The second kappa shape index (κ2) is 10.2. The first-order chi connectivity index (χ1) is 17.6. The van der Waals surface area contributed by atoms with Gasteiger partial charge in [-0.05, 0) is 36.3 Å². The van der Waals surface area contributed by atoms with Crippen LogP contribution in [0.3, 0.4) is 0 Å². The van der Waals surface area contributed by atoms with Gasteiger partial charge in [0.2, 0.25) is 0 Å². The molecule has 2 heterocycles. The molecule has 0 radical (unpaired) electrons. The van der Waals surface area contributed by atoms with Crippen LogP contribution in [-0.2, 0) is 9.53 Å². The second-order valence-corrected chi connectivity index (χ2v) is 9.12. The van der Waals surface area contributed by atoms with Crippen LogP contribution in [0.1, 0.15) is 29.7 Å². The van der Waals surface area contributed by atoms with Crippen LogP contribution in [0.25, 0.3) is 11.8 Å². The number of aromatic nitrogens is 1. The number of thiazole rings is 1. The molecule has 5 rings (SSSR count). The molecule has 0 saturated carbocycles. The Balaban J connectivity index is 1.79. The molecule has 0 aliphatic carbocycles. The molecule has 3 aromatic carbocycles. The number of hydrogen-bond acceptors (Lipinski definition) is 6. The predicted molar refractivity (Wildman–Crippen MR) is 140 cm³/mol. The topological polar surface area (TPSA) is 69.9 Å². The summed E-state index contributed by atoms with van der Waals surface area (Å²) in [6, 6.07) is 25.9. The van der Waals surface area contributed by atoms with Gasteiger partial charge in [0.15, 0.2) is 4.80 Å². The maximum absolute atomic E-state index is 13.8. The van der Waals surface area contributed by atoms with Crippen LogP contribution in [-0.4, -0.2) is 24.3 Å². The van der Waals surface area contributed by atoms with Crippen LogP contribution in [0.5, 0.6) is 5.75 Å². The van der Waals surface area contributed by atoms with Gasteiger partial charge in [-0.2, -0.15) is 0 Å². The molecule has 0 spiro atoms. The SMILES string of the molecule is CCOC(=O)C1=C(c2ccccc2)N=c2sc(=Cc3ccc(OC)cc3)c(=O)n2C1c1ccccc1. The number of ether oxygens (including phenoxy) is 2. The molecule has 1 aliphatic heterocycles. The first-order valence-corrected chi connectivity index (χ1v) is 12.4. The molecule has 0 fully saturated rings. The van der Waals surface area contributed by atoms with Gasteiger partial charge in [-0.1, -0.05) is 84.1 Å². The van der Waals surface area contributed by atoms with Crippen LogP contribution in [0.15, 0.2) is 100 Å². The Kier molecular flexibility index (Phi) is 6.64. The summed E-state index contributed by atoms with van der Waals surface area (Å²) < 4.78 is 12.8. The molecule has 1 aromatic heterocycles. The highest BCUT2D eigenvalue weighted by Crippen LogP contribution is 2.35. The molecular formula is C29H24N2O4S. The maximum Gasteiger partial charge on any atom is 0.338 e. The highest BCUT2D eigenvalue weighted by molar-refractivity contribution is 7.07. The van der Waals surface area contributed by atoms with Crippen LogP contribution in [0, 0.1) is 0 Å². The van der Waals surface area contributed by atoms with E-state index in [9.17, 15) is 9.59 Å². The lowest BCUT2D eigenvalue weighted by molar-refractivity contribution is -0.138. The lowest BCUT2D eigenvalue weighted by Crippen LogP contribution is -2.39. The largest absolute Gasteiger partial charge is 0.497 e. The van der Waals surface area contributed by atoms with E-state index in [4.69, 9.17) is 14.5 Å². The fourth-order valence-corrected chi connectivity index (χ4v) is 5.24. The van der Waals surface area contributed by atoms with E-state index in [-0.39, 0.29) is 12.2 Å². The zero-order chi connectivity index (χ0) is 25.1. The van der Waals surface area contributed by atoms with E-state index in [1.165, 1.54) is 11.3 Å². The fraction of sp³-hybridized carbons (Fsp3) is 0.138. The smallest absolute Gasteiger partial charge is 0.338 e. The maximum atomic E-state index is 13.8. The first kappa shape index (κ1) is 23.5. The van der Waals surface area contributed by atoms with Crippen molar-refractivity contribution in [2.24, 2.45) is 4.99 Å². The van der Waals surface area contributed by atoms with E-state index >= 15 is 0 Å². The Bertz CT molecular complexity index is 1600. The van der Waals surface area contributed by atoms with E-state index in [0.29, 0.717) is 20.6 Å². The zero-order valence-corrected chi connectivity index (χ0v) is 20.7. The van der Waals surface area contributed by atoms with Crippen molar-refractivity contribution < 1.29 is 14.3 Å². The van der Waals surface area contributed by atoms with Crippen molar-refractivity contribution in [3.05, 3.63) is 127 Å². The summed E-state index contributed by atoms with van der Waals surface area (Å²) in [7, 11) is 1.61. The van der Waals surface area contributed by atoms with Crippen LogP contribution >= 0.6 is 11.3 Å². The third-order valence-electron chi connectivity index (χ3n) is 5.90. The average Bonchev–Trinajstić information content (AvgIpc) is 3.23. The molecule has 0 amide bonds. The van der Waals surface area contributed by atoms with Crippen LogP contribution < -0.4 is 19.6 Å². The Labute approximate surface area is 212 Å². The minimum Gasteiger partial charge on any atom is -0.497 e.